The van der Waals surface area contributed by atoms with E-state index in [0.29, 0.717) is 0 Å². The normalized spacial score (nSPS) is 13.5. The van der Waals surface area contributed by atoms with Gasteiger partial charge in [0, 0.05) is 23.2 Å². The molecule has 0 aliphatic carbocycles. The summed E-state index contributed by atoms with van der Waals surface area (Å²) in [5.74, 6) is 1.81. The third-order valence-corrected chi connectivity index (χ3v) is 3.71. The van der Waals surface area contributed by atoms with Gasteiger partial charge in [0.1, 0.15) is 11.5 Å². The molecule has 2 aromatic rings. The highest BCUT2D eigenvalue weighted by Gasteiger charge is 2.16. The predicted octanol–water partition coefficient (Wildman–Crippen LogP) is 4.12. The molecule has 1 N–H and O–H groups in total. The van der Waals surface area contributed by atoms with Crippen LogP contribution in [0.1, 0.15) is 37.1 Å². The van der Waals surface area contributed by atoms with Gasteiger partial charge in [-0.25, -0.2) is 0 Å². The summed E-state index contributed by atoms with van der Waals surface area (Å²) in [6, 6.07) is 16.5. The number of nitrogens with one attached hydrogen (secondary N) is 1. The number of para-hydroxylation sites is 2. The Morgan fingerprint density at radius 3 is 1.48 bits per heavy atom. The summed E-state index contributed by atoms with van der Waals surface area (Å²) in [5, 5.41) is 3.60. The van der Waals surface area contributed by atoms with Crippen LogP contribution in [0.4, 0.5) is 0 Å². The lowest BCUT2D eigenvalue weighted by molar-refractivity contribution is 0.386. The van der Waals surface area contributed by atoms with Crippen LogP contribution in [0, 0.1) is 0 Å². The number of benzene rings is 2. The molecule has 3 heteroatoms. The van der Waals surface area contributed by atoms with Gasteiger partial charge < -0.3 is 14.8 Å². The highest BCUT2D eigenvalue weighted by molar-refractivity contribution is 5.38. The van der Waals surface area contributed by atoms with Gasteiger partial charge in [0.05, 0.1) is 14.2 Å². The van der Waals surface area contributed by atoms with Gasteiger partial charge in [0.2, 0.25) is 0 Å². The molecule has 0 fully saturated rings. The average molecular weight is 285 g/mol. The van der Waals surface area contributed by atoms with E-state index in [-0.39, 0.29) is 12.1 Å². The Hall–Kier alpha value is -2.00. The van der Waals surface area contributed by atoms with Crippen LogP contribution in [0.3, 0.4) is 0 Å². The van der Waals surface area contributed by atoms with E-state index >= 15 is 0 Å². The minimum Gasteiger partial charge on any atom is -0.496 e. The Morgan fingerprint density at radius 2 is 1.10 bits per heavy atom. The molecule has 0 saturated heterocycles. The van der Waals surface area contributed by atoms with E-state index in [0.717, 1.165) is 22.6 Å². The molecule has 0 aliphatic heterocycles. The van der Waals surface area contributed by atoms with Crippen LogP contribution in [-0.4, -0.2) is 14.2 Å². The third kappa shape index (κ3) is 3.56. The van der Waals surface area contributed by atoms with Crippen molar-refractivity contribution in [2.24, 2.45) is 0 Å². The summed E-state index contributed by atoms with van der Waals surface area (Å²) in [7, 11) is 3.41. The number of hydrogen-bond donors (Lipinski definition) is 1. The van der Waals surface area contributed by atoms with Crippen molar-refractivity contribution >= 4 is 0 Å². The van der Waals surface area contributed by atoms with Gasteiger partial charge in [-0.1, -0.05) is 36.4 Å². The third-order valence-electron chi connectivity index (χ3n) is 3.71. The highest BCUT2D eigenvalue weighted by Crippen LogP contribution is 2.29. The molecule has 2 atom stereocenters. The van der Waals surface area contributed by atoms with Crippen molar-refractivity contribution in [3.63, 3.8) is 0 Å². The second-order valence-electron chi connectivity index (χ2n) is 5.09. The number of hydrogen-bond acceptors (Lipinski definition) is 3. The number of methoxy groups -OCH3 is 2. The smallest absolute Gasteiger partial charge is 0.123 e. The molecular formula is C18H23NO2. The Balaban J connectivity index is 2.17. The number of rotatable bonds is 6. The summed E-state index contributed by atoms with van der Waals surface area (Å²) in [4.78, 5) is 0. The second-order valence-corrected chi connectivity index (χ2v) is 5.09. The first-order chi connectivity index (χ1) is 10.2. The number of ether oxygens (including phenoxy) is 2. The average Bonchev–Trinajstić information content (AvgIpc) is 2.54. The first kappa shape index (κ1) is 15.4. The van der Waals surface area contributed by atoms with Crippen LogP contribution in [0.25, 0.3) is 0 Å². The lowest BCUT2D eigenvalue weighted by atomic mass is 10.0. The van der Waals surface area contributed by atoms with Crippen molar-refractivity contribution in [2.75, 3.05) is 14.2 Å². The summed E-state index contributed by atoms with van der Waals surface area (Å²) >= 11 is 0. The summed E-state index contributed by atoms with van der Waals surface area (Å²) in [6.07, 6.45) is 0. The fourth-order valence-electron chi connectivity index (χ4n) is 2.60. The van der Waals surface area contributed by atoms with E-state index in [1.807, 2.05) is 36.4 Å². The second kappa shape index (κ2) is 7.14. The van der Waals surface area contributed by atoms with Gasteiger partial charge in [-0.2, -0.15) is 0 Å². The van der Waals surface area contributed by atoms with Gasteiger partial charge in [0.15, 0.2) is 0 Å². The molecule has 0 amide bonds. The Kier molecular flexibility index (Phi) is 5.23. The highest BCUT2D eigenvalue weighted by atomic mass is 16.5. The molecule has 0 unspecified atom stereocenters. The molecule has 0 radical (unpaired) electrons. The van der Waals surface area contributed by atoms with Crippen LogP contribution in [-0.2, 0) is 0 Å². The van der Waals surface area contributed by atoms with Gasteiger partial charge in [-0.3, -0.25) is 0 Å². The standard InChI is InChI=1S/C18H23NO2/c1-13(15-9-5-7-11-17(15)20-3)19-14(2)16-10-6-8-12-18(16)21-4/h5-14,19H,1-4H3/t13-,14+. The molecule has 0 heterocycles. The first-order valence-corrected chi connectivity index (χ1v) is 7.19. The molecule has 0 aromatic heterocycles. The first-order valence-electron chi connectivity index (χ1n) is 7.19. The molecule has 0 spiro atoms. The van der Waals surface area contributed by atoms with E-state index in [9.17, 15) is 0 Å². The van der Waals surface area contributed by atoms with Crippen molar-refractivity contribution in [1.82, 2.24) is 5.32 Å². The predicted molar refractivity (Wildman–Crippen MR) is 86.0 cm³/mol. The Morgan fingerprint density at radius 1 is 0.714 bits per heavy atom. The molecule has 2 rings (SSSR count). The topological polar surface area (TPSA) is 30.5 Å². The quantitative estimate of drug-likeness (QED) is 0.866. The van der Waals surface area contributed by atoms with Gasteiger partial charge in [0.25, 0.3) is 0 Å². The molecule has 3 nitrogen and oxygen atoms in total. The van der Waals surface area contributed by atoms with E-state index in [1.54, 1.807) is 14.2 Å². The minimum absolute atomic E-state index is 0.182. The SMILES string of the molecule is COc1ccccc1[C@H](C)N[C@H](C)c1ccccc1OC. The molecule has 2 aromatic carbocycles. The largest absolute Gasteiger partial charge is 0.496 e. The van der Waals surface area contributed by atoms with Crippen molar-refractivity contribution < 1.29 is 9.47 Å². The zero-order valence-corrected chi connectivity index (χ0v) is 13.1. The van der Waals surface area contributed by atoms with E-state index in [2.05, 4.69) is 31.3 Å². The maximum atomic E-state index is 5.43. The summed E-state index contributed by atoms with van der Waals surface area (Å²) in [5.41, 5.74) is 2.31. The molecule has 21 heavy (non-hydrogen) atoms. The Bertz CT molecular complexity index is 531. The fourth-order valence-corrected chi connectivity index (χ4v) is 2.60. The fraction of sp³-hybridized carbons (Fsp3) is 0.333. The van der Waals surface area contributed by atoms with Crippen LogP contribution in [0.2, 0.25) is 0 Å². The summed E-state index contributed by atoms with van der Waals surface area (Å²) < 4.78 is 10.9. The molecule has 0 aliphatic rings. The van der Waals surface area contributed by atoms with Crippen LogP contribution in [0.15, 0.2) is 48.5 Å². The van der Waals surface area contributed by atoms with E-state index in [4.69, 9.17) is 9.47 Å². The molecule has 0 bridgehead atoms. The molecule has 0 saturated carbocycles. The van der Waals surface area contributed by atoms with Gasteiger partial charge in [-0.05, 0) is 26.0 Å². The van der Waals surface area contributed by atoms with Gasteiger partial charge >= 0.3 is 0 Å². The summed E-state index contributed by atoms with van der Waals surface area (Å²) in [6.45, 7) is 4.29. The van der Waals surface area contributed by atoms with Crippen LogP contribution in [0.5, 0.6) is 11.5 Å². The monoisotopic (exact) mass is 285 g/mol. The molecule has 112 valence electrons. The molecular weight excluding hydrogens is 262 g/mol. The Labute approximate surface area is 126 Å². The van der Waals surface area contributed by atoms with Crippen LogP contribution >= 0.6 is 0 Å². The van der Waals surface area contributed by atoms with Crippen molar-refractivity contribution in [2.45, 2.75) is 25.9 Å². The lowest BCUT2D eigenvalue weighted by Crippen LogP contribution is -2.23. The maximum Gasteiger partial charge on any atom is 0.123 e. The van der Waals surface area contributed by atoms with Crippen molar-refractivity contribution in [1.29, 1.82) is 0 Å². The van der Waals surface area contributed by atoms with Crippen LogP contribution < -0.4 is 14.8 Å². The zero-order valence-electron chi connectivity index (χ0n) is 13.1. The van der Waals surface area contributed by atoms with Crippen molar-refractivity contribution in [3.8, 4) is 11.5 Å². The minimum atomic E-state index is 0.182. The lowest BCUT2D eigenvalue weighted by Gasteiger charge is -2.23. The van der Waals surface area contributed by atoms with E-state index in [1.165, 1.54) is 0 Å². The van der Waals surface area contributed by atoms with E-state index < -0.39 is 0 Å². The van der Waals surface area contributed by atoms with Gasteiger partial charge in [-0.15, -0.1) is 0 Å². The van der Waals surface area contributed by atoms with Crippen molar-refractivity contribution in [3.05, 3.63) is 59.7 Å². The maximum absolute atomic E-state index is 5.43. The zero-order chi connectivity index (χ0) is 15.2.